The number of hydrogen-bond donors (Lipinski definition) is 0. The van der Waals surface area contributed by atoms with Crippen LogP contribution in [0.3, 0.4) is 0 Å². The number of carbonyl (C=O) groups is 1. The van der Waals surface area contributed by atoms with E-state index in [-0.39, 0.29) is 13.0 Å². The maximum absolute atomic E-state index is 11.7. The second kappa shape index (κ2) is 6.56. The average molecular weight is 256 g/mol. The van der Waals surface area contributed by atoms with Gasteiger partial charge in [-0.25, -0.2) is 0 Å². The summed E-state index contributed by atoms with van der Waals surface area (Å²) in [6, 6.07) is 13.1. The molecule has 0 spiro atoms. The zero-order valence-electron chi connectivity index (χ0n) is 11.1. The van der Waals surface area contributed by atoms with Crippen LogP contribution in [-0.2, 0) is 14.9 Å². The third-order valence-corrected chi connectivity index (χ3v) is 3.15. The van der Waals surface area contributed by atoms with Crippen molar-refractivity contribution in [2.45, 2.75) is 25.7 Å². The molecule has 0 fully saturated rings. The molecule has 0 aromatic heterocycles. The first-order chi connectivity index (χ1) is 9.08. The number of nitrogens with zero attached hydrogens (tertiary/aromatic N) is 2. The lowest BCUT2D eigenvalue weighted by Crippen LogP contribution is -2.34. The molecule has 4 heteroatoms. The molecule has 0 aliphatic heterocycles. The molecule has 0 saturated heterocycles. The Morgan fingerprint density at radius 1 is 1.32 bits per heavy atom. The third-order valence-electron chi connectivity index (χ3n) is 3.15. The average Bonchev–Trinajstić information content (AvgIpc) is 2.41. The SMILES string of the molecule is CCOC(=O)CC(C)(c1ccccc1)C(C#N)C#N. The minimum Gasteiger partial charge on any atom is -0.466 e. The molecule has 0 heterocycles. The highest BCUT2D eigenvalue weighted by Crippen LogP contribution is 2.35. The van der Waals surface area contributed by atoms with E-state index in [0.717, 1.165) is 5.56 Å². The minimum atomic E-state index is -0.903. The van der Waals surface area contributed by atoms with Crippen LogP contribution in [-0.4, -0.2) is 12.6 Å². The summed E-state index contributed by atoms with van der Waals surface area (Å²) in [6.07, 6.45) is 0.0106. The molecule has 0 amide bonds. The van der Waals surface area contributed by atoms with Crippen LogP contribution < -0.4 is 0 Å². The number of esters is 1. The van der Waals surface area contributed by atoms with E-state index in [2.05, 4.69) is 0 Å². The Balaban J connectivity index is 3.16. The fourth-order valence-electron chi connectivity index (χ4n) is 2.02. The number of carbonyl (C=O) groups excluding carboxylic acids is 1. The number of ether oxygens (including phenoxy) is 1. The van der Waals surface area contributed by atoms with Gasteiger partial charge >= 0.3 is 5.97 Å². The smallest absolute Gasteiger partial charge is 0.306 e. The Morgan fingerprint density at radius 2 is 1.89 bits per heavy atom. The van der Waals surface area contributed by atoms with Crippen molar-refractivity contribution in [1.29, 1.82) is 10.5 Å². The minimum absolute atomic E-state index is 0.0106. The van der Waals surface area contributed by atoms with Gasteiger partial charge in [0.1, 0.15) is 5.92 Å². The number of rotatable bonds is 5. The summed E-state index contributed by atoms with van der Waals surface area (Å²) < 4.78 is 4.94. The third kappa shape index (κ3) is 3.33. The molecule has 0 aliphatic rings. The summed E-state index contributed by atoms with van der Waals surface area (Å²) in [4.78, 5) is 11.7. The summed E-state index contributed by atoms with van der Waals surface area (Å²) in [5.74, 6) is -1.30. The van der Waals surface area contributed by atoms with Crippen LogP contribution in [0.1, 0.15) is 25.8 Å². The summed E-state index contributed by atoms with van der Waals surface area (Å²) in [7, 11) is 0. The first-order valence-corrected chi connectivity index (χ1v) is 6.09. The van der Waals surface area contributed by atoms with E-state index in [0.29, 0.717) is 0 Å². The largest absolute Gasteiger partial charge is 0.466 e. The van der Waals surface area contributed by atoms with Crippen molar-refractivity contribution in [1.82, 2.24) is 0 Å². The van der Waals surface area contributed by atoms with Gasteiger partial charge in [0.25, 0.3) is 0 Å². The van der Waals surface area contributed by atoms with Crippen LogP contribution >= 0.6 is 0 Å². The first-order valence-electron chi connectivity index (χ1n) is 6.09. The van der Waals surface area contributed by atoms with E-state index in [1.165, 1.54) is 0 Å². The van der Waals surface area contributed by atoms with Crippen LogP contribution in [0.4, 0.5) is 0 Å². The molecule has 1 unspecified atom stereocenters. The lowest BCUT2D eigenvalue weighted by atomic mass is 9.70. The van der Waals surface area contributed by atoms with Gasteiger partial charge in [-0.2, -0.15) is 10.5 Å². The quantitative estimate of drug-likeness (QED) is 0.759. The van der Waals surface area contributed by atoms with Crippen molar-refractivity contribution in [3.05, 3.63) is 35.9 Å². The van der Waals surface area contributed by atoms with E-state index in [9.17, 15) is 4.79 Å². The number of hydrogen-bond acceptors (Lipinski definition) is 4. The standard InChI is InChI=1S/C15H16N2O2/c1-3-19-14(18)9-15(2,13(10-16)11-17)12-7-5-4-6-8-12/h4-8,13H,3,9H2,1-2H3. The summed E-state index contributed by atoms with van der Waals surface area (Å²) in [6.45, 7) is 3.76. The fourth-order valence-corrected chi connectivity index (χ4v) is 2.02. The second-order valence-electron chi connectivity index (χ2n) is 4.46. The van der Waals surface area contributed by atoms with Crippen LogP contribution in [0.2, 0.25) is 0 Å². The number of nitriles is 2. The van der Waals surface area contributed by atoms with Crippen molar-refractivity contribution < 1.29 is 9.53 Å². The molecule has 1 rings (SSSR count). The first kappa shape index (κ1) is 14.7. The Kier molecular flexibility index (Phi) is 5.09. The topological polar surface area (TPSA) is 73.9 Å². The van der Waals surface area contributed by atoms with E-state index < -0.39 is 17.3 Å². The van der Waals surface area contributed by atoms with Gasteiger partial charge in [0.05, 0.1) is 25.2 Å². The molecule has 4 nitrogen and oxygen atoms in total. The van der Waals surface area contributed by atoms with Crippen molar-refractivity contribution in [2.24, 2.45) is 5.92 Å². The normalized spacial score (nSPS) is 13.1. The van der Waals surface area contributed by atoms with Gasteiger partial charge in [-0.05, 0) is 12.5 Å². The molecule has 19 heavy (non-hydrogen) atoms. The van der Waals surface area contributed by atoms with Crippen molar-refractivity contribution in [3.8, 4) is 12.1 Å². The molecule has 0 radical (unpaired) electrons. The van der Waals surface area contributed by atoms with Crippen LogP contribution in [0.25, 0.3) is 0 Å². The Morgan fingerprint density at radius 3 is 2.37 bits per heavy atom. The van der Waals surface area contributed by atoms with Gasteiger partial charge in [0.2, 0.25) is 0 Å². The summed E-state index contributed by atoms with van der Waals surface area (Å²) >= 11 is 0. The molecule has 1 aromatic rings. The van der Waals surface area contributed by atoms with Crippen molar-refractivity contribution in [2.75, 3.05) is 6.61 Å². The maximum Gasteiger partial charge on any atom is 0.306 e. The molecule has 1 aromatic carbocycles. The van der Waals surface area contributed by atoms with Gasteiger partial charge in [-0.1, -0.05) is 37.3 Å². The van der Waals surface area contributed by atoms with E-state index in [4.69, 9.17) is 15.3 Å². The molecule has 0 bridgehead atoms. The summed E-state index contributed by atoms with van der Waals surface area (Å²) in [5.41, 5.74) is -0.0760. The molecular formula is C15H16N2O2. The van der Waals surface area contributed by atoms with Gasteiger partial charge in [0.15, 0.2) is 0 Å². The van der Waals surface area contributed by atoms with E-state index in [1.54, 1.807) is 13.8 Å². The van der Waals surface area contributed by atoms with Gasteiger partial charge in [-0.3, -0.25) is 4.79 Å². The lowest BCUT2D eigenvalue weighted by molar-refractivity contribution is -0.144. The van der Waals surface area contributed by atoms with Crippen molar-refractivity contribution >= 4 is 5.97 Å². The van der Waals surface area contributed by atoms with E-state index >= 15 is 0 Å². The monoisotopic (exact) mass is 256 g/mol. The van der Waals surface area contributed by atoms with Gasteiger partial charge < -0.3 is 4.74 Å². The highest BCUT2D eigenvalue weighted by Gasteiger charge is 2.39. The van der Waals surface area contributed by atoms with Gasteiger partial charge in [-0.15, -0.1) is 0 Å². The predicted molar refractivity (Wildman–Crippen MR) is 69.8 cm³/mol. The van der Waals surface area contributed by atoms with E-state index in [1.807, 2.05) is 42.5 Å². The zero-order chi connectivity index (χ0) is 14.3. The maximum atomic E-state index is 11.7. The number of benzene rings is 1. The Labute approximate surface area is 113 Å². The van der Waals surface area contributed by atoms with Gasteiger partial charge in [0, 0.05) is 5.41 Å². The fraction of sp³-hybridized carbons (Fsp3) is 0.400. The zero-order valence-corrected chi connectivity index (χ0v) is 11.1. The molecule has 98 valence electrons. The van der Waals surface area contributed by atoms with Crippen LogP contribution in [0.5, 0.6) is 0 Å². The van der Waals surface area contributed by atoms with Crippen LogP contribution in [0.15, 0.2) is 30.3 Å². The highest BCUT2D eigenvalue weighted by atomic mass is 16.5. The Hall–Kier alpha value is -2.33. The Bertz CT molecular complexity index is 499. The lowest BCUT2D eigenvalue weighted by Gasteiger charge is -2.29. The predicted octanol–water partition coefficient (Wildman–Crippen LogP) is 2.56. The molecular weight excluding hydrogens is 240 g/mol. The van der Waals surface area contributed by atoms with Crippen LogP contribution in [0, 0.1) is 28.6 Å². The molecule has 0 aliphatic carbocycles. The second-order valence-corrected chi connectivity index (χ2v) is 4.46. The molecule has 1 atom stereocenters. The molecule has 0 saturated carbocycles. The van der Waals surface area contributed by atoms with Crippen molar-refractivity contribution in [3.63, 3.8) is 0 Å². The summed E-state index contributed by atoms with van der Waals surface area (Å²) in [5, 5.41) is 18.3. The highest BCUT2D eigenvalue weighted by molar-refractivity contribution is 5.71. The molecule has 0 N–H and O–H groups in total.